The molecule has 1 atom stereocenters. The van der Waals surface area contributed by atoms with Crippen LogP contribution in [0.25, 0.3) is 11.4 Å². The Morgan fingerprint density at radius 3 is 2.71 bits per heavy atom. The lowest BCUT2D eigenvalue weighted by Gasteiger charge is -2.07. The monoisotopic (exact) mass is 327 g/mol. The number of amides is 1. The second kappa shape index (κ2) is 6.61. The van der Waals surface area contributed by atoms with Gasteiger partial charge in [-0.3, -0.25) is 9.78 Å². The second-order valence-corrected chi connectivity index (χ2v) is 5.66. The Morgan fingerprint density at radius 2 is 2.04 bits per heavy atom. The number of pyridine rings is 1. The minimum Gasteiger partial charge on any atom is -0.351 e. The normalized spacial score (nSPS) is 12.3. The van der Waals surface area contributed by atoms with E-state index in [9.17, 15) is 4.79 Å². The number of aromatic nitrogens is 4. The predicted molar refractivity (Wildman–Crippen MR) is 84.0 cm³/mol. The van der Waals surface area contributed by atoms with Crippen molar-refractivity contribution in [2.75, 3.05) is 0 Å². The van der Waals surface area contributed by atoms with Crippen molar-refractivity contribution >= 4 is 5.91 Å². The van der Waals surface area contributed by atoms with Crippen LogP contribution in [0, 0.1) is 0 Å². The molecule has 1 N–H and O–H groups in total. The molecule has 3 aromatic heterocycles. The summed E-state index contributed by atoms with van der Waals surface area (Å²) >= 11 is 0. The van der Waals surface area contributed by atoms with Gasteiger partial charge in [0.15, 0.2) is 0 Å². The number of hydrogen-bond donors (Lipinski definition) is 1. The van der Waals surface area contributed by atoms with Crippen molar-refractivity contribution < 1.29 is 13.8 Å². The zero-order chi connectivity index (χ0) is 17.1. The average Bonchev–Trinajstić information content (AvgIpc) is 3.25. The van der Waals surface area contributed by atoms with Gasteiger partial charge in [0.2, 0.25) is 17.5 Å². The highest BCUT2D eigenvalue weighted by Crippen LogP contribution is 2.18. The zero-order valence-electron chi connectivity index (χ0n) is 13.6. The number of carbonyl (C=O) groups is 1. The van der Waals surface area contributed by atoms with Gasteiger partial charge in [0.05, 0.1) is 5.69 Å². The van der Waals surface area contributed by atoms with E-state index in [-0.39, 0.29) is 17.6 Å². The Labute approximate surface area is 138 Å². The summed E-state index contributed by atoms with van der Waals surface area (Å²) in [5.74, 6) is 0.665. The van der Waals surface area contributed by atoms with Crippen LogP contribution in [0.15, 0.2) is 39.6 Å². The molecular formula is C16H17N5O3. The molecule has 0 radical (unpaired) electrons. The Hall–Kier alpha value is -3.03. The first-order valence-corrected chi connectivity index (χ1v) is 7.56. The molecule has 0 aliphatic rings. The topological polar surface area (TPSA) is 107 Å². The Morgan fingerprint density at radius 1 is 1.21 bits per heavy atom. The van der Waals surface area contributed by atoms with Crippen LogP contribution in [0.2, 0.25) is 0 Å². The number of rotatable bonds is 5. The van der Waals surface area contributed by atoms with Crippen molar-refractivity contribution in [3.8, 4) is 11.4 Å². The number of nitrogens with one attached hydrogen (secondary N) is 1. The first-order valence-electron chi connectivity index (χ1n) is 7.56. The molecule has 0 saturated heterocycles. The van der Waals surface area contributed by atoms with Crippen LogP contribution in [0.5, 0.6) is 0 Å². The molecule has 24 heavy (non-hydrogen) atoms. The summed E-state index contributed by atoms with van der Waals surface area (Å²) in [5.41, 5.74) is 1.47. The Balaban J connectivity index is 1.69. The third-order valence-electron chi connectivity index (χ3n) is 3.42. The van der Waals surface area contributed by atoms with Crippen molar-refractivity contribution in [2.45, 2.75) is 32.7 Å². The minimum absolute atomic E-state index is 0.151. The first-order chi connectivity index (χ1) is 11.5. The quantitative estimate of drug-likeness (QED) is 0.767. The molecule has 0 spiro atoms. The van der Waals surface area contributed by atoms with Gasteiger partial charge in [-0.05, 0) is 25.0 Å². The van der Waals surface area contributed by atoms with E-state index in [2.05, 4.69) is 25.6 Å². The number of hydrogen-bond acceptors (Lipinski definition) is 7. The molecule has 0 aromatic carbocycles. The first kappa shape index (κ1) is 15.9. The molecule has 0 aliphatic carbocycles. The van der Waals surface area contributed by atoms with Crippen molar-refractivity contribution in [1.29, 1.82) is 0 Å². The van der Waals surface area contributed by atoms with Gasteiger partial charge in [-0.15, -0.1) is 0 Å². The summed E-state index contributed by atoms with van der Waals surface area (Å²) in [6.07, 6.45) is 3.30. The van der Waals surface area contributed by atoms with Gasteiger partial charge in [-0.25, -0.2) is 0 Å². The molecule has 3 rings (SSSR count). The maximum Gasteiger partial charge on any atom is 0.290 e. The van der Waals surface area contributed by atoms with E-state index >= 15 is 0 Å². The van der Waals surface area contributed by atoms with Crippen LogP contribution in [0.3, 0.4) is 0 Å². The number of carbonyl (C=O) groups excluding carboxylic acids is 1. The molecule has 0 saturated carbocycles. The summed E-state index contributed by atoms with van der Waals surface area (Å²) < 4.78 is 10.3. The van der Waals surface area contributed by atoms with Crippen molar-refractivity contribution in [3.05, 3.63) is 47.9 Å². The fourth-order valence-corrected chi connectivity index (χ4v) is 2.02. The zero-order valence-corrected chi connectivity index (χ0v) is 13.6. The third-order valence-corrected chi connectivity index (χ3v) is 3.42. The van der Waals surface area contributed by atoms with Crippen LogP contribution in [0.1, 0.15) is 54.9 Å². The van der Waals surface area contributed by atoms with Gasteiger partial charge in [-0.2, -0.15) is 4.98 Å². The fraction of sp³-hybridized carbons (Fsp3) is 0.312. The standard InChI is InChI=1S/C16H17N5O3/c1-9(2)12-7-13(23-20-12)15(22)18-10(3)16-19-14(21-24-16)11-5-4-6-17-8-11/h4-10H,1-3H3,(H,18,22)/t10-/m1/s1. The SMILES string of the molecule is CC(C)c1cc(C(=O)N[C@H](C)c2nc(-c3cccnc3)no2)on1. The summed E-state index contributed by atoms with van der Waals surface area (Å²) in [6.45, 7) is 5.69. The lowest BCUT2D eigenvalue weighted by atomic mass is 10.1. The van der Waals surface area contributed by atoms with Crippen LogP contribution in [-0.4, -0.2) is 26.2 Å². The van der Waals surface area contributed by atoms with Crippen LogP contribution < -0.4 is 5.32 Å². The fourth-order valence-electron chi connectivity index (χ4n) is 2.02. The summed E-state index contributed by atoms with van der Waals surface area (Å²) in [5, 5.41) is 10.5. The van der Waals surface area contributed by atoms with E-state index in [1.54, 1.807) is 31.5 Å². The molecule has 124 valence electrons. The molecule has 1 amide bonds. The molecule has 8 nitrogen and oxygen atoms in total. The molecule has 0 aliphatic heterocycles. The predicted octanol–water partition coefficient (Wildman–Crippen LogP) is 2.73. The average molecular weight is 327 g/mol. The molecule has 3 aromatic rings. The van der Waals surface area contributed by atoms with E-state index in [0.29, 0.717) is 11.7 Å². The van der Waals surface area contributed by atoms with Gasteiger partial charge in [0.1, 0.15) is 6.04 Å². The molecule has 8 heteroatoms. The summed E-state index contributed by atoms with van der Waals surface area (Å²) in [6, 6.07) is 4.77. The minimum atomic E-state index is -0.469. The van der Waals surface area contributed by atoms with E-state index in [4.69, 9.17) is 9.05 Å². The van der Waals surface area contributed by atoms with E-state index in [1.807, 2.05) is 19.9 Å². The van der Waals surface area contributed by atoms with Gasteiger partial charge < -0.3 is 14.4 Å². The van der Waals surface area contributed by atoms with Gasteiger partial charge >= 0.3 is 0 Å². The molecule has 3 heterocycles. The van der Waals surface area contributed by atoms with Gasteiger partial charge in [-0.1, -0.05) is 24.2 Å². The maximum absolute atomic E-state index is 12.2. The second-order valence-electron chi connectivity index (χ2n) is 5.66. The van der Waals surface area contributed by atoms with Crippen molar-refractivity contribution in [1.82, 2.24) is 25.6 Å². The molecule has 0 bridgehead atoms. The van der Waals surface area contributed by atoms with Crippen LogP contribution in [0.4, 0.5) is 0 Å². The van der Waals surface area contributed by atoms with Crippen LogP contribution in [-0.2, 0) is 0 Å². The van der Waals surface area contributed by atoms with Crippen molar-refractivity contribution in [2.24, 2.45) is 0 Å². The molecular weight excluding hydrogens is 310 g/mol. The Bertz CT molecular complexity index is 825. The smallest absolute Gasteiger partial charge is 0.290 e. The Kier molecular flexibility index (Phi) is 4.37. The van der Waals surface area contributed by atoms with Gasteiger partial charge in [0, 0.05) is 24.0 Å². The van der Waals surface area contributed by atoms with E-state index < -0.39 is 6.04 Å². The highest BCUT2D eigenvalue weighted by Gasteiger charge is 2.21. The lowest BCUT2D eigenvalue weighted by molar-refractivity contribution is 0.0895. The van der Waals surface area contributed by atoms with E-state index in [1.165, 1.54) is 0 Å². The highest BCUT2D eigenvalue weighted by molar-refractivity contribution is 5.91. The van der Waals surface area contributed by atoms with Gasteiger partial charge in [0.25, 0.3) is 5.91 Å². The summed E-state index contributed by atoms with van der Waals surface area (Å²) in [4.78, 5) is 20.5. The maximum atomic E-state index is 12.2. The molecule has 0 fully saturated rings. The lowest BCUT2D eigenvalue weighted by Crippen LogP contribution is -2.26. The summed E-state index contributed by atoms with van der Waals surface area (Å²) in [7, 11) is 0. The molecule has 0 unspecified atom stereocenters. The number of nitrogens with zero attached hydrogens (tertiary/aromatic N) is 4. The third kappa shape index (κ3) is 3.32. The van der Waals surface area contributed by atoms with Crippen LogP contribution >= 0.6 is 0 Å². The highest BCUT2D eigenvalue weighted by atomic mass is 16.5. The van der Waals surface area contributed by atoms with E-state index in [0.717, 1.165) is 11.3 Å². The van der Waals surface area contributed by atoms with Crippen molar-refractivity contribution in [3.63, 3.8) is 0 Å². The largest absolute Gasteiger partial charge is 0.351 e.